The zero-order valence-corrected chi connectivity index (χ0v) is 20.3. The van der Waals surface area contributed by atoms with E-state index in [2.05, 4.69) is 40.7 Å². The molecular formula is C27H47Cl. The van der Waals surface area contributed by atoms with Crippen molar-refractivity contribution in [3.63, 3.8) is 0 Å². The zero-order chi connectivity index (χ0) is 19.2. The van der Waals surface area contributed by atoms with Crippen LogP contribution in [0.3, 0.4) is 0 Å². The van der Waals surface area contributed by atoms with Gasteiger partial charge in [0.25, 0.3) is 0 Å². The van der Waals surface area contributed by atoms with Crippen LogP contribution in [0.25, 0.3) is 0 Å². The Morgan fingerprint density at radius 1 is 0.964 bits per heavy atom. The van der Waals surface area contributed by atoms with Crippen molar-refractivity contribution in [2.45, 2.75) is 112 Å². The van der Waals surface area contributed by atoms with Crippen LogP contribution in [0.4, 0.5) is 0 Å². The van der Waals surface area contributed by atoms with Crippen molar-refractivity contribution in [3.05, 3.63) is 11.6 Å². The van der Waals surface area contributed by atoms with Crippen LogP contribution in [-0.2, 0) is 0 Å². The van der Waals surface area contributed by atoms with E-state index in [0.717, 1.165) is 35.5 Å². The molecule has 0 amide bonds. The Balaban J connectivity index is 0.00000225. The van der Waals surface area contributed by atoms with E-state index in [1.165, 1.54) is 77.0 Å². The third-order valence-electron chi connectivity index (χ3n) is 10.2. The van der Waals surface area contributed by atoms with Crippen LogP contribution in [0.2, 0.25) is 0 Å². The average molecular weight is 407 g/mol. The maximum absolute atomic E-state index is 2.74. The molecule has 0 aromatic carbocycles. The maximum atomic E-state index is 2.74. The Labute approximate surface area is 182 Å². The Kier molecular flexibility index (Phi) is 7.01. The molecule has 0 unspecified atom stereocenters. The number of hydrogen-bond acceptors (Lipinski definition) is 0. The van der Waals surface area contributed by atoms with Crippen molar-refractivity contribution in [1.82, 2.24) is 0 Å². The molecule has 4 aliphatic carbocycles. The van der Waals surface area contributed by atoms with Gasteiger partial charge < -0.3 is 0 Å². The summed E-state index contributed by atoms with van der Waals surface area (Å²) in [4.78, 5) is 0. The van der Waals surface area contributed by atoms with E-state index in [0.29, 0.717) is 10.8 Å². The fourth-order valence-corrected chi connectivity index (χ4v) is 8.72. The summed E-state index contributed by atoms with van der Waals surface area (Å²) in [6.07, 6.45) is 20.5. The monoisotopic (exact) mass is 406 g/mol. The quantitative estimate of drug-likeness (QED) is 0.400. The fourth-order valence-electron chi connectivity index (χ4n) is 8.72. The first-order chi connectivity index (χ1) is 12.9. The van der Waals surface area contributed by atoms with E-state index in [1.807, 2.05) is 5.57 Å². The third kappa shape index (κ3) is 3.74. The van der Waals surface area contributed by atoms with E-state index in [-0.39, 0.29) is 12.4 Å². The highest BCUT2D eigenvalue weighted by Crippen LogP contribution is 2.67. The van der Waals surface area contributed by atoms with E-state index in [4.69, 9.17) is 0 Å². The molecule has 28 heavy (non-hydrogen) atoms. The minimum absolute atomic E-state index is 0. The standard InChI is InChI=1S/C27H46.ClH/c1-19(2)9-8-10-20(3)23-14-15-24-22-13-12-21-11-6-7-17-26(21,4)25(22)16-18-27(23,24)5;/h12,19-20,22-25H,6-11,13-18H2,1-5H3;1H/t20-,22+,23-,24+,25+,26+,27-;/m1./s1. The van der Waals surface area contributed by atoms with E-state index in [1.54, 1.807) is 0 Å². The van der Waals surface area contributed by atoms with Gasteiger partial charge in [0.15, 0.2) is 0 Å². The topological polar surface area (TPSA) is 0 Å². The molecule has 0 bridgehead atoms. The highest BCUT2D eigenvalue weighted by atomic mass is 35.5. The summed E-state index contributed by atoms with van der Waals surface area (Å²) in [7, 11) is 0. The second-order valence-corrected chi connectivity index (χ2v) is 12.0. The lowest BCUT2D eigenvalue weighted by molar-refractivity contribution is -0.0500. The molecular weight excluding hydrogens is 360 g/mol. The van der Waals surface area contributed by atoms with Crippen LogP contribution in [-0.4, -0.2) is 0 Å². The van der Waals surface area contributed by atoms with Crippen LogP contribution in [0.1, 0.15) is 112 Å². The van der Waals surface area contributed by atoms with Crippen molar-refractivity contribution >= 4 is 12.4 Å². The number of rotatable bonds is 5. The Bertz CT molecular complexity index is 563. The van der Waals surface area contributed by atoms with E-state index in [9.17, 15) is 0 Å². The van der Waals surface area contributed by atoms with Gasteiger partial charge >= 0.3 is 0 Å². The van der Waals surface area contributed by atoms with Gasteiger partial charge in [0.2, 0.25) is 0 Å². The smallest absolute Gasteiger partial charge is 0.00853 e. The lowest BCUT2D eigenvalue weighted by atomic mass is 9.47. The number of hydrogen-bond donors (Lipinski definition) is 0. The summed E-state index contributed by atoms with van der Waals surface area (Å²) in [6.45, 7) is 12.8. The molecule has 4 aliphatic rings. The molecule has 3 fully saturated rings. The molecule has 0 heterocycles. The van der Waals surface area contributed by atoms with Crippen LogP contribution in [0, 0.1) is 46.3 Å². The van der Waals surface area contributed by atoms with Gasteiger partial charge in [0.05, 0.1) is 0 Å². The molecule has 0 N–H and O–H groups in total. The Morgan fingerprint density at radius 3 is 2.50 bits per heavy atom. The number of allylic oxidation sites excluding steroid dienone is 2. The predicted octanol–water partition coefficient (Wildman–Crippen LogP) is 8.84. The summed E-state index contributed by atoms with van der Waals surface area (Å²) >= 11 is 0. The van der Waals surface area contributed by atoms with Gasteiger partial charge in [-0.2, -0.15) is 0 Å². The summed E-state index contributed by atoms with van der Waals surface area (Å²) in [5.41, 5.74) is 3.09. The largest absolute Gasteiger partial charge is 0.147 e. The molecule has 0 aromatic rings. The molecule has 0 aliphatic heterocycles. The van der Waals surface area contributed by atoms with Crippen LogP contribution < -0.4 is 0 Å². The highest BCUT2D eigenvalue weighted by Gasteiger charge is 2.58. The van der Waals surface area contributed by atoms with Gasteiger partial charge in [-0.25, -0.2) is 0 Å². The zero-order valence-electron chi connectivity index (χ0n) is 19.4. The molecule has 162 valence electrons. The van der Waals surface area contributed by atoms with Crippen LogP contribution in [0.15, 0.2) is 11.6 Å². The maximum Gasteiger partial charge on any atom is -0.00853 e. The molecule has 0 nitrogen and oxygen atoms in total. The highest BCUT2D eigenvalue weighted by molar-refractivity contribution is 5.85. The van der Waals surface area contributed by atoms with Crippen LogP contribution >= 0.6 is 12.4 Å². The lowest BCUT2D eigenvalue weighted by Gasteiger charge is -2.58. The molecule has 0 aromatic heterocycles. The van der Waals surface area contributed by atoms with Gasteiger partial charge in [-0.05, 0) is 97.7 Å². The van der Waals surface area contributed by atoms with Gasteiger partial charge in [-0.3, -0.25) is 0 Å². The SMILES string of the molecule is CC(C)CCC[C@@H](C)[C@H]1CC[C@H]2[C@@H]3CC=C4CCCC[C@]4(C)[C@H]3CC[C@]12C.Cl. The van der Waals surface area contributed by atoms with Crippen LogP contribution in [0.5, 0.6) is 0 Å². The van der Waals surface area contributed by atoms with Crippen molar-refractivity contribution in [1.29, 1.82) is 0 Å². The third-order valence-corrected chi connectivity index (χ3v) is 10.2. The number of fused-ring (bicyclic) bond motifs is 5. The summed E-state index contributed by atoms with van der Waals surface area (Å²) in [5.74, 6) is 5.84. The predicted molar refractivity (Wildman–Crippen MR) is 125 cm³/mol. The summed E-state index contributed by atoms with van der Waals surface area (Å²) in [6, 6.07) is 0. The minimum atomic E-state index is 0. The van der Waals surface area contributed by atoms with E-state index < -0.39 is 0 Å². The number of halogens is 1. The van der Waals surface area contributed by atoms with Crippen molar-refractivity contribution in [2.24, 2.45) is 46.3 Å². The van der Waals surface area contributed by atoms with Gasteiger partial charge in [0, 0.05) is 0 Å². The summed E-state index contributed by atoms with van der Waals surface area (Å²) in [5, 5.41) is 0. The molecule has 7 atom stereocenters. The minimum Gasteiger partial charge on any atom is -0.147 e. The molecule has 4 rings (SSSR count). The van der Waals surface area contributed by atoms with Crippen molar-refractivity contribution in [3.8, 4) is 0 Å². The molecule has 1 heteroatoms. The Morgan fingerprint density at radius 2 is 1.75 bits per heavy atom. The van der Waals surface area contributed by atoms with Gasteiger partial charge in [-0.15, -0.1) is 12.4 Å². The van der Waals surface area contributed by atoms with Gasteiger partial charge in [0.1, 0.15) is 0 Å². The first-order valence-corrected chi connectivity index (χ1v) is 12.6. The average Bonchev–Trinajstić information content (AvgIpc) is 2.98. The lowest BCUT2D eigenvalue weighted by Crippen LogP contribution is -2.50. The van der Waals surface area contributed by atoms with E-state index >= 15 is 0 Å². The molecule has 0 spiro atoms. The normalized spacial score (nSPS) is 43.4. The fraction of sp³-hybridized carbons (Fsp3) is 0.926. The Hall–Kier alpha value is 0.0300. The second kappa shape index (κ2) is 8.64. The second-order valence-electron chi connectivity index (χ2n) is 12.0. The van der Waals surface area contributed by atoms with Gasteiger partial charge in [-0.1, -0.05) is 72.0 Å². The van der Waals surface area contributed by atoms with Crippen molar-refractivity contribution in [2.75, 3.05) is 0 Å². The summed E-state index contributed by atoms with van der Waals surface area (Å²) < 4.78 is 0. The molecule has 3 saturated carbocycles. The van der Waals surface area contributed by atoms with Crippen molar-refractivity contribution < 1.29 is 0 Å². The molecule has 0 saturated heterocycles. The first kappa shape index (κ1) is 22.7. The molecule has 0 radical (unpaired) electrons. The first-order valence-electron chi connectivity index (χ1n) is 12.6.